The van der Waals surface area contributed by atoms with E-state index < -0.39 is 0 Å². The van der Waals surface area contributed by atoms with Crippen LogP contribution in [0.25, 0.3) is 0 Å². The van der Waals surface area contributed by atoms with Crippen molar-refractivity contribution in [3.63, 3.8) is 0 Å². The summed E-state index contributed by atoms with van der Waals surface area (Å²) in [5.41, 5.74) is 3.06. The SMILES string of the molecule is CCc1cc(CNCC2(CC(C)C)CCCC2)n(C)n1. The highest BCUT2D eigenvalue weighted by Crippen LogP contribution is 2.42. The summed E-state index contributed by atoms with van der Waals surface area (Å²) in [4.78, 5) is 0. The van der Waals surface area contributed by atoms with Gasteiger partial charge in [0.2, 0.25) is 0 Å². The van der Waals surface area contributed by atoms with Crippen molar-refractivity contribution in [1.29, 1.82) is 0 Å². The average Bonchev–Trinajstić information content (AvgIpc) is 2.97. The summed E-state index contributed by atoms with van der Waals surface area (Å²) >= 11 is 0. The van der Waals surface area contributed by atoms with Gasteiger partial charge in [-0.25, -0.2) is 0 Å². The Hall–Kier alpha value is -0.830. The van der Waals surface area contributed by atoms with E-state index in [-0.39, 0.29) is 0 Å². The number of nitrogens with one attached hydrogen (secondary N) is 1. The van der Waals surface area contributed by atoms with E-state index in [1.54, 1.807) is 0 Å². The third kappa shape index (κ3) is 3.85. The van der Waals surface area contributed by atoms with E-state index in [1.165, 1.54) is 43.5 Å². The minimum absolute atomic E-state index is 0.556. The highest BCUT2D eigenvalue weighted by atomic mass is 15.3. The van der Waals surface area contributed by atoms with Crippen molar-refractivity contribution in [3.05, 3.63) is 17.5 Å². The van der Waals surface area contributed by atoms with Gasteiger partial charge in [-0.15, -0.1) is 0 Å². The zero-order chi connectivity index (χ0) is 14.6. The first-order valence-electron chi connectivity index (χ1n) is 8.27. The van der Waals surface area contributed by atoms with E-state index in [9.17, 15) is 0 Å². The van der Waals surface area contributed by atoms with Crippen molar-refractivity contribution in [2.24, 2.45) is 18.4 Å². The Morgan fingerprint density at radius 1 is 1.35 bits per heavy atom. The fraction of sp³-hybridized carbons (Fsp3) is 0.824. The Bertz CT molecular complexity index is 414. The first-order chi connectivity index (χ1) is 9.54. The molecule has 1 heterocycles. The number of aromatic nitrogens is 2. The van der Waals surface area contributed by atoms with Gasteiger partial charge in [0.05, 0.1) is 11.4 Å². The Kier molecular flexibility index (Phi) is 5.25. The molecule has 1 aliphatic rings. The van der Waals surface area contributed by atoms with Crippen molar-refractivity contribution in [2.75, 3.05) is 6.54 Å². The third-order valence-electron chi connectivity index (χ3n) is 4.70. The van der Waals surface area contributed by atoms with Crippen LogP contribution < -0.4 is 5.32 Å². The maximum absolute atomic E-state index is 4.52. The average molecular weight is 277 g/mol. The van der Waals surface area contributed by atoms with Gasteiger partial charge in [-0.1, -0.05) is 33.6 Å². The van der Waals surface area contributed by atoms with E-state index in [2.05, 4.69) is 44.3 Å². The number of hydrogen-bond acceptors (Lipinski definition) is 2. The van der Waals surface area contributed by atoms with E-state index in [4.69, 9.17) is 0 Å². The minimum Gasteiger partial charge on any atom is -0.311 e. The fourth-order valence-electron chi connectivity index (χ4n) is 3.81. The van der Waals surface area contributed by atoms with Crippen LogP contribution in [-0.4, -0.2) is 16.3 Å². The Balaban J connectivity index is 1.88. The lowest BCUT2D eigenvalue weighted by molar-refractivity contribution is 0.223. The molecular formula is C17H31N3. The molecule has 1 aromatic heterocycles. The Morgan fingerprint density at radius 2 is 2.05 bits per heavy atom. The maximum Gasteiger partial charge on any atom is 0.0625 e. The van der Waals surface area contributed by atoms with Gasteiger partial charge in [0.15, 0.2) is 0 Å². The molecule has 0 bridgehead atoms. The van der Waals surface area contributed by atoms with Crippen LogP contribution in [0.15, 0.2) is 6.07 Å². The molecule has 1 N–H and O–H groups in total. The maximum atomic E-state index is 4.52. The Morgan fingerprint density at radius 3 is 2.60 bits per heavy atom. The zero-order valence-corrected chi connectivity index (χ0v) is 13.7. The highest BCUT2D eigenvalue weighted by Gasteiger charge is 2.33. The van der Waals surface area contributed by atoms with E-state index in [0.29, 0.717) is 5.41 Å². The largest absolute Gasteiger partial charge is 0.311 e. The lowest BCUT2D eigenvalue weighted by Crippen LogP contribution is -2.33. The van der Waals surface area contributed by atoms with Crippen LogP contribution in [0.1, 0.15) is 64.3 Å². The summed E-state index contributed by atoms with van der Waals surface area (Å²) in [7, 11) is 2.05. The summed E-state index contributed by atoms with van der Waals surface area (Å²) in [6.45, 7) is 8.99. The third-order valence-corrected chi connectivity index (χ3v) is 4.70. The lowest BCUT2D eigenvalue weighted by atomic mass is 9.78. The molecule has 0 aromatic carbocycles. The molecule has 2 rings (SSSR count). The first kappa shape index (κ1) is 15.6. The molecule has 0 radical (unpaired) electrons. The summed E-state index contributed by atoms with van der Waals surface area (Å²) in [5, 5.41) is 8.23. The molecule has 0 amide bonds. The molecule has 114 valence electrons. The molecule has 0 saturated heterocycles. The number of hydrogen-bond donors (Lipinski definition) is 1. The molecule has 1 aliphatic carbocycles. The molecular weight excluding hydrogens is 246 g/mol. The van der Waals surface area contributed by atoms with Gasteiger partial charge in [-0.2, -0.15) is 5.10 Å². The Labute approximate surface area is 124 Å². The quantitative estimate of drug-likeness (QED) is 0.824. The van der Waals surface area contributed by atoms with Gasteiger partial charge >= 0.3 is 0 Å². The fourth-order valence-corrected chi connectivity index (χ4v) is 3.81. The molecule has 1 fully saturated rings. The van der Waals surface area contributed by atoms with Crippen molar-refractivity contribution in [3.8, 4) is 0 Å². The molecule has 0 unspecified atom stereocenters. The number of aryl methyl sites for hydroxylation is 2. The predicted molar refractivity (Wildman–Crippen MR) is 84.6 cm³/mol. The monoisotopic (exact) mass is 277 g/mol. The lowest BCUT2D eigenvalue weighted by Gasteiger charge is -2.31. The number of rotatable bonds is 7. The molecule has 0 atom stereocenters. The zero-order valence-electron chi connectivity index (χ0n) is 13.7. The van der Waals surface area contributed by atoms with Gasteiger partial charge in [0.25, 0.3) is 0 Å². The van der Waals surface area contributed by atoms with Gasteiger partial charge in [0, 0.05) is 20.1 Å². The van der Waals surface area contributed by atoms with E-state index in [1.807, 2.05) is 4.68 Å². The summed E-state index contributed by atoms with van der Waals surface area (Å²) < 4.78 is 2.02. The van der Waals surface area contributed by atoms with Crippen LogP contribution >= 0.6 is 0 Å². The summed E-state index contributed by atoms with van der Waals surface area (Å²) in [6.07, 6.45) is 8.03. The predicted octanol–water partition coefficient (Wildman–Crippen LogP) is 3.68. The van der Waals surface area contributed by atoms with Gasteiger partial charge in [0.1, 0.15) is 0 Å². The number of nitrogens with zero attached hydrogens (tertiary/aromatic N) is 2. The van der Waals surface area contributed by atoms with Crippen LogP contribution in [0.4, 0.5) is 0 Å². The molecule has 20 heavy (non-hydrogen) atoms. The summed E-state index contributed by atoms with van der Waals surface area (Å²) in [6, 6.07) is 2.23. The molecule has 3 heteroatoms. The second kappa shape index (κ2) is 6.75. The van der Waals surface area contributed by atoms with Gasteiger partial charge in [-0.3, -0.25) is 4.68 Å². The minimum atomic E-state index is 0.556. The normalized spacial score (nSPS) is 18.1. The highest BCUT2D eigenvalue weighted by molar-refractivity contribution is 5.10. The standard InChI is InChI=1S/C17H31N3/c1-5-15-10-16(20(4)19-15)12-18-13-17(11-14(2)3)8-6-7-9-17/h10,14,18H,5-9,11-13H2,1-4H3. The van der Waals surface area contributed by atoms with E-state index >= 15 is 0 Å². The van der Waals surface area contributed by atoms with Gasteiger partial charge in [-0.05, 0) is 43.1 Å². The molecule has 0 spiro atoms. The second-order valence-corrected chi connectivity index (χ2v) is 7.01. The van der Waals surface area contributed by atoms with E-state index in [0.717, 1.165) is 25.4 Å². The van der Waals surface area contributed by atoms with Crippen LogP contribution in [0.2, 0.25) is 0 Å². The smallest absolute Gasteiger partial charge is 0.0625 e. The van der Waals surface area contributed by atoms with Crippen LogP contribution in [0, 0.1) is 11.3 Å². The van der Waals surface area contributed by atoms with Crippen molar-refractivity contribution >= 4 is 0 Å². The van der Waals surface area contributed by atoms with Crippen molar-refractivity contribution in [2.45, 2.75) is 65.8 Å². The molecule has 3 nitrogen and oxygen atoms in total. The second-order valence-electron chi connectivity index (χ2n) is 7.01. The first-order valence-corrected chi connectivity index (χ1v) is 8.27. The molecule has 1 saturated carbocycles. The molecule has 1 aromatic rings. The van der Waals surface area contributed by atoms with Crippen LogP contribution in [-0.2, 0) is 20.0 Å². The van der Waals surface area contributed by atoms with Crippen molar-refractivity contribution < 1.29 is 0 Å². The topological polar surface area (TPSA) is 29.9 Å². The van der Waals surface area contributed by atoms with Crippen LogP contribution in [0.5, 0.6) is 0 Å². The van der Waals surface area contributed by atoms with Crippen molar-refractivity contribution in [1.82, 2.24) is 15.1 Å². The van der Waals surface area contributed by atoms with Crippen LogP contribution in [0.3, 0.4) is 0 Å². The summed E-state index contributed by atoms with van der Waals surface area (Å²) in [5.74, 6) is 0.804. The molecule has 0 aliphatic heterocycles. The van der Waals surface area contributed by atoms with Gasteiger partial charge < -0.3 is 5.32 Å².